The second kappa shape index (κ2) is 15.5. The first-order valence-electron chi connectivity index (χ1n) is 14.0. The topological polar surface area (TPSA) is 407 Å². The molecular weight excluding hydrogens is 650 g/mol. The van der Waals surface area contributed by atoms with Crippen LogP contribution in [0, 0.1) is 0 Å². The zero-order valence-electron chi connectivity index (χ0n) is 24.4. The predicted molar refractivity (Wildman–Crippen MR) is 142 cm³/mol. The van der Waals surface area contributed by atoms with Crippen LogP contribution in [-0.4, -0.2) is 191 Å². The SMILES string of the molecule is N[C@H]1[C@@H](OC2[C@@H](CO)O[C@@H](OC3[C@@H](CO)O[C@@H](O)[C@H](N)[C@H]3O)[C@H](N)[C@H]2O)O[C@](CO)(OC(=O)CC(O)(CC(=O)O)C(=O)O)[C@@H](O)[C@@H]1O. The Morgan fingerprint density at radius 1 is 0.745 bits per heavy atom. The molecule has 3 rings (SSSR count). The Bertz CT molecular complexity index is 1100. The summed E-state index contributed by atoms with van der Waals surface area (Å²) in [5.74, 6) is -8.62. The first-order valence-corrected chi connectivity index (χ1v) is 14.0. The van der Waals surface area contributed by atoms with Crippen molar-refractivity contribution in [3.05, 3.63) is 0 Å². The number of hydrogen-bond acceptors (Lipinski definition) is 21. The highest BCUT2D eigenvalue weighted by molar-refractivity contribution is 5.88. The maximum absolute atomic E-state index is 12.6. The number of ether oxygens (including phenoxy) is 6. The van der Waals surface area contributed by atoms with E-state index in [2.05, 4.69) is 0 Å². The Morgan fingerprint density at radius 3 is 1.77 bits per heavy atom. The molecule has 0 spiro atoms. The monoisotopic (exact) mass is 691 g/mol. The highest BCUT2D eigenvalue weighted by Crippen LogP contribution is 2.35. The van der Waals surface area contributed by atoms with Crippen LogP contribution in [0.3, 0.4) is 0 Å². The lowest BCUT2D eigenvalue weighted by Gasteiger charge is -2.50. The average molecular weight is 692 g/mol. The van der Waals surface area contributed by atoms with E-state index in [0.29, 0.717) is 0 Å². The summed E-state index contributed by atoms with van der Waals surface area (Å²) in [6, 6.07) is -4.70. The Balaban J connectivity index is 1.80. The van der Waals surface area contributed by atoms with E-state index in [1.165, 1.54) is 0 Å². The molecule has 3 aliphatic heterocycles. The van der Waals surface area contributed by atoms with Gasteiger partial charge in [-0.3, -0.25) is 9.59 Å². The van der Waals surface area contributed by atoms with Gasteiger partial charge in [0.1, 0.15) is 55.4 Å². The number of rotatable bonds is 13. The van der Waals surface area contributed by atoms with E-state index >= 15 is 0 Å². The Hall–Kier alpha value is -2.27. The normalized spacial score (nSPS) is 43.9. The largest absolute Gasteiger partial charge is 0.481 e. The van der Waals surface area contributed by atoms with Crippen LogP contribution in [0.4, 0.5) is 0 Å². The van der Waals surface area contributed by atoms with Crippen LogP contribution < -0.4 is 17.2 Å². The van der Waals surface area contributed by atoms with Crippen molar-refractivity contribution in [3.63, 3.8) is 0 Å². The lowest BCUT2D eigenvalue weighted by molar-refractivity contribution is -0.399. The molecule has 3 aliphatic rings. The van der Waals surface area contributed by atoms with E-state index in [-0.39, 0.29) is 0 Å². The maximum atomic E-state index is 12.6. The van der Waals surface area contributed by atoms with Gasteiger partial charge in [0, 0.05) is 0 Å². The first-order chi connectivity index (χ1) is 21.9. The summed E-state index contributed by atoms with van der Waals surface area (Å²) >= 11 is 0. The van der Waals surface area contributed by atoms with Crippen molar-refractivity contribution in [3.8, 4) is 0 Å². The highest BCUT2D eigenvalue weighted by atomic mass is 16.8. The molecule has 0 saturated carbocycles. The molecule has 3 saturated heterocycles. The Morgan fingerprint density at radius 2 is 1.26 bits per heavy atom. The van der Waals surface area contributed by atoms with E-state index in [1.54, 1.807) is 0 Å². The minimum Gasteiger partial charge on any atom is -0.481 e. The van der Waals surface area contributed by atoms with Crippen LogP contribution in [0.15, 0.2) is 0 Å². The van der Waals surface area contributed by atoms with Crippen molar-refractivity contribution >= 4 is 17.9 Å². The summed E-state index contributed by atoms with van der Waals surface area (Å²) in [6.07, 6.45) is -22.3. The van der Waals surface area contributed by atoms with Crippen LogP contribution in [0.1, 0.15) is 12.8 Å². The Kier molecular flexibility index (Phi) is 12.9. The second-order valence-electron chi connectivity index (χ2n) is 11.3. The summed E-state index contributed by atoms with van der Waals surface area (Å²) in [5.41, 5.74) is 14.5. The molecule has 23 heteroatoms. The summed E-state index contributed by atoms with van der Waals surface area (Å²) in [5, 5.41) is 111. The number of esters is 1. The van der Waals surface area contributed by atoms with Gasteiger partial charge >= 0.3 is 17.9 Å². The molecule has 47 heavy (non-hydrogen) atoms. The van der Waals surface area contributed by atoms with Crippen molar-refractivity contribution in [2.75, 3.05) is 19.8 Å². The lowest BCUT2D eigenvalue weighted by Crippen LogP contribution is -2.72. The molecule has 3 heterocycles. The molecule has 17 N–H and O–H groups in total. The zero-order valence-corrected chi connectivity index (χ0v) is 24.4. The highest BCUT2D eigenvalue weighted by Gasteiger charge is 2.59. The molecular formula is C24H41N3O20. The number of aliphatic hydroxyl groups excluding tert-OH is 8. The van der Waals surface area contributed by atoms with Crippen LogP contribution >= 0.6 is 0 Å². The second-order valence-corrected chi connectivity index (χ2v) is 11.3. The number of carbonyl (C=O) groups excluding carboxylic acids is 1. The number of carbonyl (C=O) groups is 3. The standard InChI is InChI=1S/C24H41N3O20/c25-10-13(34)16(6(3-28)42-19(10)38)44-20-11(26)14(35)17(7(4-29)43-20)45-21-12(27)15(36)18(37)24(5-30,47-21)46-9(33)2-23(41,22(39)40)1-8(31)32/h6-7,10-21,28-30,34-38,41H,1-5,25-27H2,(H,31,32)(H,39,40)/t6-,7-,10-,11-,12-,13-,14-,15-,16?,17?,18+,19-,20+,21+,23?,24+/m1/s1. The van der Waals surface area contributed by atoms with Gasteiger partial charge in [0.15, 0.2) is 24.5 Å². The van der Waals surface area contributed by atoms with Crippen LogP contribution in [0.5, 0.6) is 0 Å². The fourth-order valence-corrected chi connectivity index (χ4v) is 5.23. The van der Waals surface area contributed by atoms with Gasteiger partial charge in [-0.1, -0.05) is 0 Å². The Labute approximate surface area is 264 Å². The maximum Gasteiger partial charge on any atom is 0.336 e. The fourth-order valence-electron chi connectivity index (χ4n) is 5.23. The van der Waals surface area contributed by atoms with E-state index in [9.17, 15) is 65.4 Å². The first kappa shape index (κ1) is 39.2. The van der Waals surface area contributed by atoms with Crippen LogP contribution in [-0.2, 0) is 42.8 Å². The molecule has 272 valence electrons. The van der Waals surface area contributed by atoms with E-state index in [0.717, 1.165) is 0 Å². The van der Waals surface area contributed by atoms with E-state index in [4.69, 9.17) is 50.7 Å². The molecule has 0 bridgehead atoms. The number of nitrogens with two attached hydrogens (primary N) is 3. The van der Waals surface area contributed by atoms with E-state index < -0.39 is 148 Å². The van der Waals surface area contributed by atoms with Gasteiger partial charge in [-0.15, -0.1) is 0 Å². The van der Waals surface area contributed by atoms with Crippen molar-refractivity contribution in [1.29, 1.82) is 0 Å². The number of carboxylic acids is 2. The average Bonchev–Trinajstić information content (AvgIpc) is 3.00. The summed E-state index contributed by atoms with van der Waals surface area (Å²) < 4.78 is 32.3. The van der Waals surface area contributed by atoms with Crippen molar-refractivity contribution in [1.82, 2.24) is 0 Å². The van der Waals surface area contributed by atoms with Gasteiger partial charge in [-0.2, -0.15) is 0 Å². The van der Waals surface area contributed by atoms with E-state index in [1.807, 2.05) is 0 Å². The van der Waals surface area contributed by atoms with Gasteiger partial charge in [0.25, 0.3) is 5.79 Å². The van der Waals surface area contributed by atoms with Crippen molar-refractivity contribution in [2.45, 2.75) is 110 Å². The molecule has 16 atom stereocenters. The third kappa shape index (κ3) is 8.14. The van der Waals surface area contributed by atoms with Crippen LogP contribution in [0.25, 0.3) is 0 Å². The molecule has 3 unspecified atom stereocenters. The molecule has 0 amide bonds. The number of aliphatic hydroxyl groups is 9. The van der Waals surface area contributed by atoms with Crippen molar-refractivity contribution < 1.29 is 99.0 Å². The lowest BCUT2D eigenvalue weighted by atomic mass is 9.93. The minimum atomic E-state index is -3.20. The fraction of sp³-hybridized carbons (Fsp3) is 0.875. The predicted octanol–water partition coefficient (Wildman–Crippen LogP) is -9.12. The van der Waals surface area contributed by atoms with Gasteiger partial charge in [-0.25, -0.2) is 4.79 Å². The molecule has 3 fully saturated rings. The van der Waals surface area contributed by atoms with Gasteiger partial charge in [0.05, 0.1) is 44.2 Å². The molecule has 0 aromatic heterocycles. The number of hydrogen-bond donors (Lipinski definition) is 14. The number of carboxylic acid groups (broad SMARTS) is 2. The van der Waals surface area contributed by atoms with Crippen LogP contribution in [0.2, 0.25) is 0 Å². The molecule has 0 aromatic carbocycles. The quantitative estimate of drug-likeness (QED) is 0.0797. The van der Waals surface area contributed by atoms with Gasteiger partial charge in [0.2, 0.25) is 0 Å². The van der Waals surface area contributed by atoms with Gasteiger partial charge in [-0.05, 0) is 0 Å². The smallest absolute Gasteiger partial charge is 0.336 e. The summed E-state index contributed by atoms with van der Waals surface area (Å²) in [6.45, 7) is -3.14. The third-order valence-corrected chi connectivity index (χ3v) is 7.99. The van der Waals surface area contributed by atoms with Gasteiger partial charge < -0.3 is 102 Å². The third-order valence-electron chi connectivity index (χ3n) is 7.99. The summed E-state index contributed by atoms with van der Waals surface area (Å²) in [4.78, 5) is 35.1. The van der Waals surface area contributed by atoms with Crippen molar-refractivity contribution in [2.24, 2.45) is 17.2 Å². The molecule has 0 aliphatic carbocycles. The molecule has 23 nitrogen and oxygen atoms in total. The minimum absolute atomic E-state index is 0.761. The number of aliphatic carboxylic acids is 2. The summed E-state index contributed by atoms with van der Waals surface area (Å²) in [7, 11) is 0. The molecule has 0 aromatic rings. The zero-order chi connectivity index (χ0) is 35.6. The molecule has 0 radical (unpaired) electrons.